The quantitative estimate of drug-likeness (QED) is 0.142. The normalized spacial score (nSPS) is 12.7. The number of carbonyl (C=O) groups is 2. The standard InChI is InChI=1S/C33H41N5O3/c1-23(39)34-20-17-24-22-37-29-16-15-25(21-28(24)29)41-33(40)36-19-10-4-2-3-9-18-35-32-26-11-5-7-13-30(26)38-31-14-8-6-12-27(31)32/h5,7,11,13,15-16,21-22,37H,2-4,6,8-10,12,14,17-20H2,1H3,(H,34,39)(H,35,38)(H,36,40). The molecule has 2 heterocycles. The van der Waals surface area contributed by atoms with Crippen LogP contribution in [0.4, 0.5) is 10.5 Å². The van der Waals surface area contributed by atoms with E-state index in [2.05, 4.69) is 45.2 Å². The largest absolute Gasteiger partial charge is 0.412 e. The fourth-order valence-electron chi connectivity index (χ4n) is 5.70. The van der Waals surface area contributed by atoms with Crippen molar-refractivity contribution in [3.63, 3.8) is 0 Å². The Bertz CT molecular complexity index is 1500. The number of carbonyl (C=O) groups excluding carboxylic acids is 2. The average molecular weight is 556 g/mol. The first-order valence-electron chi connectivity index (χ1n) is 15.0. The molecule has 4 aromatic rings. The molecule has 2 aromatic carbocycles. The highest BCUT2D eigenvalue weighted by atomic mass is 16.6. The van der Waals surface area contributed by atoms with Crippen LogP contribution in [0.1, 0.15) is 68.7 Å². The molecule has 216 valence electrons. The molecule has 1 aliphatic rings. The van der Waals surface area contributed by atoms with Crippen molar-refractivity contribution in [1.29, 1.82) is 0 Å². The van der Waals surface area contributed by atoms with Crippen LogP contribution in [0.15, 0.2) is 48.7 Å². The minimum Gasteiger partial charge on any atom is -0.410 e. The number of aryl methyl sites for hydroxylation is 1. The summed E-state index contributed by atoms with van der Waals surface area (Å²) in [6.45, 7) is 3.63. The molecule has 2 amide bonds. The van der Waals surface area contributed by atoms with E-state index in [-0.39, 0.29) is 5.91 Å². The molecule has 0 fully saturated rings. The van der Waals surface area contributed by atoms with E-state index < -0.39 is 6.09 Å². The van der Waals surface area contributed by atoms with Gasteiger partial charge in [0, 0.05) is 60.4 Å². The summed E-state index contributed by atoms with van der Waals surface area (Å²) < 4.78 is 5.51. The molecule has 0 bridgehead atoms. The molecule has 2 aromatic heterocycles. The maximum atomic E-state index is 12.3. The first-order valence-corrected chi connectivity index (χ1v) is 15.0. The number of unbranched alkanes of at least 4 members (excludes halogenated alkanes) is 4. The molecular formula is C33H41N5O3. The lowest BCUT2D eigenvalue weighted by molar-refractivity contribution is -0.118. The fraction of sp³-hybridized carbons (Fsp3) is 0.424. The van der Waals surface area contributed by atoms with E-state index in [1.54, 1.807) is 6.07 Å². The number of ether oxygens (including phenoxy) is 1. The van der Waals surface area contributed by atoms with Crippen LogP contribution >= 0.6 is 0 Å². The molecule has 8 nitrogen and oxygen atoms in total. The Labute approximate surface area is 241 Å². The van der Waals surface area contributed by atoms with Gasteiger partial charge in [0.1, 0.15) is 5.75 Å². The third kappa shape index (κ3) is 7.57. The van der Waals surface area contributed by atoms with Crippen LogP contribution in [-0.4, -0.2) is 41.6 Å². The van der Waals surface area contributed by atoms with E-state index in [0.717, 1.165) is 73.5 Å². The monoisotopic (exact) mass is 555 g/mol. The Morgan fingerprint density at radius 1 is 0.902 bits per heavy atom. The van der Waals surface area contributed by atoms with Crippen LogP contribution in [0.3, 0.4) is 0 Å². The number of rotatable bonds is 13. The van der Waals surface area contributed by atoms with Crippen molar-refractivity contribution in [2.75, 3.05) is 25.0 Å². The zero-order valence-corrected chi connectivity index (χ0v) is 24.0. The number of anilines is 1. The summed E-state index contributed by atoms with van der Waals surface area (Å²) in [5.74, 6) is 0.460. The second kappa shape index (κ2) is 14.0. The summed E-state index contributed by atoms with van der Waals surface area (Å²) in [6, 6.07) is 14.0. The number of fused-ring (bicyclic) bond motifs is 3. The summed E-state index contributed by atoms with van der Waals surface area (Å²) >= 11 is 0. The van der Waals surface area contributed by atoms with Gasteiger partial charge in [-0.05, 0) is 80.3 Å². The number of aromatic nitrogens is 2. The number of nitrogens with zero attached hydrogens (tertiary/aromatic N) is 1. The molecule has 0 unspecified atom stereocenters. The SMILES string of the molecule is CC(=O)NCCc1c[nH]c2ccc(OC(=O)NCCCCCCCNc3c4c(nc5ccccc35)CCCC4)cc12. The highest BCUT2D eigenvalue weighted by molar-refractivity contribution is 5.93. The van der Waals surface area contributed by atoms with E-state index in [1.165, 1.54) is 42.1 Å². The van der Waals surface area contributed by atoms with Crippen LogP contribution in [0.25, 0.3) is 21.8 Å². The minimum absolute atomic E-state index is 0.0460. The van der Waals surface area contributed by atoms with Crippen molar-refractivity contribution in [3.05, 3.63) is 65.5 Å². The first kappa shape index (κ1) is 28.5. The number of aromatic amines is 1. The molecule has 0 radical (unpaired) electrons. The summed E-state index contributed by atoms with van der Waals surface area (Å²) in [6.07, 6.45) is 12.3. The second-order valence-electron chi connectivity index (χ2n) is 10.9. The molecule has 0 aliphatic heterocycles. The van der Waals surface area contributed by atoms with Crippen molar-refractivity contribution < 1.29 is 14.3 Å². The lowest BCUT2D eigenvalue weighted by Gasteiger charge is -2.21. The highest BCUT2D eigenvalue weighted by Crippen LogP contribution is 2.33. The van der Waals surface area contributed by atoms with E-state index >= 15 is 0 Å². The number of amides is 2. The predicted molar refractivity (Wildman–Crippen MR) is 165 cm³/mol. The van der Waals surface area contributed by atoms with Crippen molar-refractivity contribution in [3.8, 4) is 5.75 Å². The number of pyridine rings is 1. The Kier molecular flexibility index (Phi) is 9.73. The number of benzene rings is 2. The van der Waals surface area contributed by atoms with Crippen LogP contribution in [0, 0.1) is 0 Å². The molecule has 4 N–H and O–H groups in total. The Morgan fingerprint density at radius 2 is 1.71 bits per heavy atom. The minimum atomic E-state index is -0.434. The maximum Gasteiger partial charge on any atom is 0.412 e. The van der Waals surface area contributed by atoms with E-state index in [4.69, 9.17) is 9.72 Å². The highest BCUT2D eigenvalue weighted by Gasteiger charge is 2.17. The van der Waals surface area contributed by atoms with Crippen molar-refractivity contribution >= 4 is 39.5 Å². The van der Waals surface area contributed by atoms with Gasteiger partial charge in [0.2, 0.25) is 5.91 Å². The van der Waals surface area contributed by atoms with Gasteiger partial charge in [-0.3, -0.25) is 9.78 Å². The van der Waals surface area contributed by atoms with Crippen LogP contribution in [-0.2, 0) is 24.1 Å². The van der Waals surface area contributed by atoms with Crippen LogP contribution in [0.2, 0.25) is 0 Å². The van der Waals surface area contributed by atoms with Crippen molar-refractivity contribution in [2.45, 2.75) is 71.1 Å². The molecule has 0 atom stereocenters. The molecule has 0 spiro atoms. The number of nitrogens with one attached hydrogen (secondary N) is 4. The summed E-state index contributed by atoms with van der Waals surface area (Å²) in [5.41, 5.74) is 7.13. The molecule has 5 rings (SSSR count). The lowest BCUT2D eigenvalue weighted by atomic mass is 9.92. The third-order valence-electron chi connectivity index (χ3n) is 7.81. The molecule has 0 saturated carbocycles. The van der Waals surface area contributed by atoms with Gasteiger partial charge in [-0.25, -0.2) is 4.79 Å². The second-order valence-corrected chi connectivity index (χ2v) is 10.9. The zero-order valence-electron chi connectivity index (χ0n) is 24.0. The summed E-state index contributed by atoms with van der Waals surface area (Å²) in [7, 11) is 0. The molecule has 8 heteroatoms. The van der Waals surface area contributed by atoms with Gasteiger partial charge >= 0.3 is 6.09 Å². The predicted octanol–water partition coefficient (Wildman–Crippen LogP) is 6.42. The zero-order chi connectivity index (χ0) is 28.4. The van der Waals surface area contributed by atoms with Gasteiger partial charge in [-0.15, -0.1) is 0 Å². The van der Waals surface area contributed by atoms with Gasteiger partial charge in [0.05, 0.1) is 5.52 Å². The molecular weight excluding hydrogens is 514 g/mol. The molecule has 41 heavy (non-hydrogen) atoms. The van der Waals surface area contributed by atoms with E-state index in [1.807, 2.05) is 18.3 Å². The molecule has 0 saturated heterocycles. The Morgan fingerprint density at radius 3 is 2.59 bits per heavy atom. The van der Waals surface area contributed by atoms with Crippen molar-refractivity contribution in [2.24, 2.45) is 0 Å². The van der Waals surface area contributed by atoms with E-state index in [0.29, 0.717) is 25.3 Å². The summed E-state index contributed by atoms with van der Waals surface area (Å²) in [4.78, 5) is 31.6. The van der Waals surface area contributed by atoms with Gasteiger partial charge in [-0.1, -0.05) is 37.5 Å². The topological polar surface area (TPSA) is 108 Å². The number of hydrogen-bond donors (Lipinski definition) is 4. The number of H-pyrrole nitrogens is 1. The first-order chi connectivity index (χ1) is 20.1. The average Bonchev–Trinajstić information content (AvgIpc) is 3.37. The van der Waals surface area contributed by atoms with Crippen molar-refractivity contribution in [1.82, 2.24) is 20.6 Å². The van der Waals surface area contributed by atoms with Crippen LogP contribution in [0.5, 0.6) is 5.75 Å². The summed E-state index contributed by atoms with van der Waals surface area (Å²) in [5, 5.41) is 11.7. The van der Waals surface area contributed by atoms with Gasteiger partial charge in [-0.2, -0.15) is 0 Å². The fourth-order valence-corrected chi connectivity index (χ4v) is 5.70. The smallest absolute Gasteiger partial charge is 0.410 e. The maximum absolute atomic E-state index is 12.3. The van der Waals surface area contributed by atoms with Crippen LogP contribution < -0.4 is 20.7 Å². The lowest BCUT2D eigenvalue weighted by Crippen LogP contribution is -2.27. The van der Waals surface area contributed by atoms with Gasteiger partial charge in [0.15, 0.2) is 0 Å². The Balaban J connectivity index is 0.987. The van der Waals surface area contributed by atoms with E-state index in [9.17, 15) is 9.59 Å². The third-order valence-corrected chi connectivity index (χ3v) is 7.81. The Hall–Kier alpha value is -4.07. The number of hydrogen-bond acceptors (Lipinski definition) is 5. The number of para-hydroxylation sites is 1. The molecule has 1 aliphatic carbocycles. The van der Waals surface area contributed by atoms with Gasteiger partial charge in [0.25, 0.3) is 0 Å². The van der Waals surface area contributed by atoms with Gasteiger partial charge < -0.3 is 25.7 Å².